The second-order valence-corrected chi connectivity index (χ2v) is 4.15. The molecule has 1 N–H and O–H groups in total. The van der Waals surface area contributed by atoms with Gasteiger partial charge in [-0.15, -0.1) is 0 Å². The van der Waals surface area contributed by atoms with Crippen molar-refractivity contribution in [2.24, 2.45) is 0 Å². The molecule has 0 saturated heterocycles. The zero-order valence-corrected chi connectivity index (χ0v) is 9.18. The molecule has 0 bridgehead atoms. The lowest BCUT2D eigenvalue weighted by Crippen LogP contribution is -2.17. The number of nitriles is 1. The lowest BCUT2D eigenvalue weighted by molar-refractivity contribution is 0.0779. The van der Waals surface area contributed by atoms with Gasteiger partial charge in [0.15, 0.2) is 0 Å². The maximum atomic E-state index is 9.82. The number of rotatable bonds is 1. The minimum Gasteiger partial charge on any atom is -0.386 e. The minimum atomic E-state index is -0.929. The highest BCUT2D eigenvalue weighted by atomic mass is 35.5. The van der Waals surface area contributed by atoms with Crippen molar-refractivity contribution in [3.63, 3.8) is 0 Å². The largest absolute Gasteiger partial charge is 0.386 e. The van der Waals surface area contributed by atoms with Gasteiger partial charge in [-0.25, -0.2) is 0 Å². The van der Waals surface area contributed by atoms with Crippen LogP contribution in [0.4, 0.5) is 0 Å². The highest BCUT2D eigenvalue weighted by Gasteiger charge is 2.20. The first-order valence-corrected chi connectivity index (χ1v) is 4.67. The Kier molecular flexibility index (Phi) is 2.84. The molecule has 0 radical (unpaired) electrons. The third-order valence-corrected chi connectivity index (χ3v) is 2.65. The highest BCUT2D eigenvalue weighted by molar-refractivity contribution is 6.32. The first kappa shape index (κ1) is 11.0. The van der Waals surface area contributed by atoms with E-state index in [0.29, 0.717) is 10.6 Å². The zero-order chi connectivity index (χ0) is 10.9. The molecule has 14 heavy (non-hydrogen) atoms. The van der Waals surface area contributed by atoms with Crippen molar-refractivity contribution < 1.29 is 5.11 Å². The Morgan fingerprint density at radius 1 is 1.43 bits per heavy atom. The van der Waals surface area contributed by atoms with Gasteiger partial charge in [0.05, 0.1) is 16.2 Å². The van der Waals surface area contributed by atoms with Crippen LogP contribution in [0, 0.1) is 18.3 Å². The van der Waals surface area contributed by atoms with Crippen molar-refractivity contribution in [3.8, 4) is 6.07 Å². The summed E-state index contributed by atoms with van der Waals surface area (Å²) in [5.41, 5.74) is 1.03. The first-order valence-electron chi connectivity index (χ1n) is 4.30. The van der Waals surface area contributed by atoms with Gasteiger partial charge < -0.3 is 5.11 Å². The maximum absolute atomic E-state index is 9.82. The molecule has 0 aliphatic carbocycles. The molecule has 1 aromatic carbocycles. The van der Waals surface area contributed by atoms with Crippen molar-refractivity contribution in [1.29, 1.82) is 5.26 Å². The van der Waals surface area contributed by atoms with Crippen molar-refractivity contribution in [3.05, 3.63) is 33.8 Å². The fourth-order valence-electron chi connectivity index (χ4n) is 1.43. The summed E-state index contributed by atoms with van der Waals surface area (Å²) in [6.07, 6.45) is 0. The van der Waals surface area contributed by atoms with E-state index in [1.807, 2.05) is 6.07 Å². The molecule has 0 saturated carbocycles. The van der Waals surface area contributed by atoms with Crippen molar-refractivity contribution in [2.45, 2.75) is 26.4 Å². The fourth-order valence-corrected chi connectivity index (χ4v) is 1.64. The van der Waals surface area contributed by atoms with Crippen molar-refractivity contribution in [2.75, 3.05) is 0 Å². The van der Waals surface area contributed by atoms with E-state index >= 15 is 0 Å². The van der Waals surface area contributed by atoms with Crippen LogP contribution in [0.25, 0.3) is 0 Å². The van der Waals surface area contributed by atoms with Gasteiger partial charge >= 0.3 is 0 Å². The summed E-state index contributed by atoms with van der Waals surface area (Å²) in [6, 6.07) is 5.36. The van der Waals surface area contributed by atoms with E-state index in [0.717, 1.165) is 11.1 Å². The Morgan fingerprint density at radius 2 is 2.00 bits per heavy atom. The normalized spacial score (nSPS) is 11.1. The van der Waals surface area contributed by atoms with E-state index in [1.54, 1.807) is 32.9 Å². The van der Waals surface area contributed by atoms with E-state index in [2.05, 4.69) is 0 Å². The number of hydrogen-bond donors (Lipinski definition) is 1. The summed E-state index contributed by atoms with van der Waals surface area (Å²) in [5.74, 6) is 0. The summed E-state index contributed by atoms with van der Waals surface area (Å²) in [6.45, 7) is 5.19. The van der Waals surface area contributed by atoms with Gasteiger partial charge in [-0.3, -0.25) is 0 Å². The van der Waals surface area contributed by atoms with Crippen molar-refractivity contribution in [1.82, 2.24) is 0 Å². The molecule has 0 aliphatic rings. The molecule has 2 nitrogen and oxygen atoms in total. The van der Waals surface area contributed by atoms with Crippen LogP contribution in [-0.2, 0) is 5.60 Å². The van der Waals surface area contributed by atoms with Gasteiger partial charge in [-0.05, 0) is 38.0 Å². The summed E-state index contributed by atoms with van der Waals surface area (Å²) >= 11 is 5.97. The van der Waals surface area contributed by atoms with E-state index < -0.39 is 5.60 Å². The predicted molar refractivity (Wildman–Crippen MR) is 56.1 cm³/mol. The number of hydrogen-bond acceptors (Lipinski definition) is 2. The fraction of sp³-hybridized carbons (Fsp3) is 0.364. The second kappa shape index (κ2) is 3.61. The lowest BCUT2D eigenvalue weighted by atomic mass is 9.92. The molecule has 1 aromatic rings. The Morgan fingerprint density at radius 3 is 2.43 bits per heavy atom. The molecule has 0 heterocycles. The van der Waals surface area contributed by atoms with E-state index in [9.17, 15) is 5.11 Å². The summed E-state index contributed by atoms with van der Waals surface area (Å²) < 4.78 is 0. The number of aliphatic hydroxyl groups is 1. The third kappa shape index (κ3) is 1.89. The molecular formula is C11H12ClNO. The van der Waals surface area contributed by atoms with E-state index in [1.165, 1.54) is 0 Å². The topological polar surface area (TPSA) is 44.0 Å². The molecule has 0 atom stereocenters. The molecule has 0 aromatic heterocycles. The van der Waals surface area contributed by atoms with Gasteiger partial charge in [0.2, 0.25) is 0 Å². The Hall–Kier alpha value is -1.04. The van der Waals surface area contributed by atoms with Gasteiger partial charge in [-0.2, -0.15) is 5.26 Å². The average molecular weight is 210 g/mol. The van der Waals surface area contributed by atoms with Gasteiger partial charge in [0.25, 0.3) is 0 Å². The molecule has 3 heteroatoms. The van der Waals surface area contributed by atoms with Crippen LogP contribution in [0.5, 0.6) is 0 Å². The summed E-state index contributed by atoms with van der Waals surface area (Å²) in [7, 11) is 0. The Bertz CT molecular complexity index is 399. The molecular weight excluding hydrogens is 198 g/mol. The standard InChI is InChI=1S/C11H12ClNO/c1-7-9(11(2,3)14)5-4-8(6-13)10(7)12/h4-5,14H,1-3H3. The number of nitrogens with zero attached hydrogens (tertiary/aromatic N) is 1. The lowest BCUT2D eigenvalue weighted by Gasteiger charge is -2.21. The van der Waals surface area contributed by atoms with E-state index in [4.69, 9.17) is 16.9 Å². The zero-order valence-electron chi connectivity index (χ0n) is 8.43. The molecule has 0 fully saturated rings. The molecule has 1 rings (SSSR count). The highest BCUT2D eigenvalue weighted by Crippen LogP contribution is 2.30. The molecule has 74 valence electrons. The molecule has 0 spiro atoms. The summed E-state index contributed by atoms with van der Waals surface area (Å²) in [4.78, 5) is 0. The van der Waals surface area contributed by atoms with Gasteiger partial charge in [0, 0.05) is 0 Å². The monoisotopic (exact) mass is 209 g/mol. The molecule has 0 unspecified atom stereocenters. The number of benzene rings is 1. The first-order chi connectivity index (χ1) is 6.38. The Balaban J connectivity index is 3.41. The van der Waals surface area contributed by atoms with Crippen LogP contribution in [0.15, 0.2) is 12.1 Å². The SMILES string of the molecule is Cc1c(C(C)(C)O)ccc(C#N)c1Cl. The van der Waals surface area contributed by atoms with Crippen LogP contribution >= 0.6 is 11.6 Å². The Labute approximate surface area is 88.7 Å². The quantitative estimate of drug-likeness (QED) is 0.773. The smallest absolute Gasteiger partial charge is 0.101 e. The maximum Gasteiger partial charge on any atom is 0.101 e. The minimum absolute atomic E-state index is 0.423. The van der Waals surface area contributed by atoms with Gasteiger partial charge in [-0.1, -0.05) is 17.7 Å². The third-order valence-electron chi connectivity index (χ3n) is 2.17. The molecule has 0 aliphatic heterocycles. The van der Waals surface area contributed by atoms with Crippen LogP contribution in [0.3, 0.4) is 0 Å². The van der Waals surface area contributed by atoms with Crippen LogP contribution < -0.4 is 0 Å². The van der Waals surface area contributed by atoms with Crippen molar-refractivity contribution >= 4 is 11.6 Å². The predicted octanol–water partition coefficient (Wildman–Crippen LogP) is 2.75. The average Bonchev–Trinajstić information content (AvgIpc) is 2.07. The van der Waals surface area contributed by atoms with Crippen LogP contribution in [0.1, 0.15) is 30.5 Å². The van der Waals surface area contributed by atoms with Gasteiger partial charge in [0.1, 0.15) is 6.07 Å². The molecule has 0 amide bonds. The second-order valence-electron chi connectivity index (χ2n) is 3.77. The van der Waals surface area contributed by atoms with E-state index in [-0.39, 0.29) is 0 Å². The summed E-state index contributed by atoms with van der Waals surface area (Å²) in [5, 5.41) is 19.0. The van der Waals surface area contributed by atoms with Crippen LogP contribution in [-0.4, -0.2) is 5.11 Å². The van der Waals surface area contributed by atoms with Crippen LogP contribution in [0.2, 0.25) is 5.02 Å². The number of halogens is 1.